The first-order chi connectivity index (χ1) is 11.4. The van der Waals surface area contributed by atoms with E-state index in [0.717, 1.165) is 38.9 Å². The van der Waals surface area contributed by atoms with Gasteiger partial charge in [0.1, 0.15) is 9.84 Å². The van der Waals surface area contributed by atoms with Gasteiger partial charge >= 0.3 is 0 Å². The van der Waals surface area contributed by atoms with Crippen LogP contribution in [0.2, 0.25) is 0 Å². The molecule has 140 valence electrons. The Labute approximate surface area is 147 Å². The van der Waals surface area contributed by atoms with Gasteiger partial charge < -0.3 is 4.74 Å². The molecule has 2 N–H and O–H groups in total. The normalized spacial score (nSPS) is 39.7. The Morgan fingerprint density at radius 3 is 2.46 bits per heavy atom. The van der Waals surface area contributed by atoms with Gasteiger partial charge in [-0.3, -0.25) is 10.6 Å². The van der Waals surface area contributed by atoms with E-state index in [-0.39, 0.29) is 5.25 Å². The Bertz CT molecular complexity index is 496. The van der Waals surface area contributed by atoms with Crippen LogP contribution in [0.1, 0.15) is 58.3 Å². The molecule has 1 aliphatic carbocycles. The smallest absolute Gasteiger partial charge is 0.150 e. The van der Waals surface area contributed by atoms with Gasteiger partial charge in [0.2, 0.25) is 0 Å². The maximum atomic E-state index is 11.7. The summed E-state index contributed by atoms with van der Waals surface area (Å²) in [5.41, 5.74) is 0. The summed E-state index contributed by atoms with van der Waals surface area (Å²) in [6.45, 7) is 4.07. The second kappa shape index (κ2) is 8.02. The summed E-state index contributed by atoms with van der Waals surface area (Å²) in [7, 11) is -2.86. The van der Waals surface area contributed by atoms with Gasteiger partial charge in [0.05, 0.1) is 18.0 Å². The van der Waals surface area contributed by atoms with Gasteiger partial charge in [-0.2, -0.15) is 0 Å². The molecule has 3 unspecified atom stereocenters. The zero-order valence-corrected chi connectivity index (χ0v) is 16.0. The number of rotatable bonds is 5. The molecule has 24 heavy (non-hydrogen) atoms. The lowest BCUT2D eigenvalue weighted by molar-refractivity contribution is 0.158. The monoisotopic (exact) mass is 358 g/mol. The quantitative estimate of drug-likeness (QED) is 0.787. The topological polar surface area (TPSA) is 67.4 Å². The van der Waals surface area contributed by atoms with Crippen molar-refractivity contribution in [1.82, 2.24) is 10.6 Å². The largest absolute Gasteiger partial charge is 0.381 e. The van der Waals surface area contributed by atoms with Crippen LogP contribution in [0, 0.1) is 11.8 Å². The molecule has 3 aliphatic rings. The fourth-order valence-electron chi connectivity index (χ4n) is 4.79. The minimum Gasteiger partial charge on any atom is -0.381 e. The molecule has 6 heteroatoms. The highest BCUT2D eigenvalue weighted by molar-refractivity contribution is 7.91. The molecule has 0 amide bonds. The van der Waals surface area contributed by atoms with Crippen LogP contribution < -0.4 is 10.6 Å². The molecule has 0 aromatic heterocycles. The van der Waals surface area contributed by atoms with Crippen LogP contribution in [0.15, 0.2) is 0 Å². The zero-order valence-electron chi connectivity index (χ0n) is 15.2. The highest BCUT2D eigenvalue weighted by atomic mass is 32.2. The molecular weight excluding hydrogens is 324 g/mol. The van der Waals surface area contributed by atoms with Crippen molar-refractivity contribution < 1.29 is 13.2 Å². The summed E-state index contributed by atoms with van der Waals surface area (Å²) in [5.74, 6) is 1.27. The summed E-state index contributed by atoms with van der Waals surface area (Å²) >= 11 is 0. The predicted molar refractivity (Wildman–Crippen MR) is 96.7 cm³/mol. The maximum Gasteiger partial charge on any atom is 0.150 e. The van der Waals surface area contributed by atoms with Crippen LogP contribution >= 0.6 is 0 Å². The zero-order chi connectivity index (χ0) is 17.2. The van der Waals surface area contributed by atoms with Crippen LogP contribution in [0.25, 0.3) is 0 Å². The van der Waals surface area contributed by atoms with E-state index in [1.807, 2.05) is 0 Å². The van der Waals surface area contributed by atoms with Crippen molar-refractivity contribution in [2.75, 3.05) is 19.5 Å². The molecule has 0 spiro atoms. The van der Waals surface area contributed by atoms with Crippen molar-refractivity contribution in [2.24, 2.45) is 11.8 Å². The van der Waals surface area contributed by atoms with E-state index in [4.69, 9.17) is 4.74 Å². The molecule has 2 saturated heterocycles. The number of hydrogen-bond donors (Lipinski definition) is 2. The van der Waals surface area contributed by atoms with Gasteiger partial charge in [0, 0.05) is 24.9 Å². The highest BCUT2D eigenvalue weighted by Crippen LogP contribution is 2.33. The molecular formula is C18H34N2O3S. The van der Waals surface area contributed by atoms with Gasteiger partial charge in [0.25, 0.3) is 0 Å². The van der Waals surface area contributed by atoms with Gasteiger partial charge in [0.15, 0.2) is 0 Å². The molecule has 2 heterocycles. The molecule has 0 radical (unpaired) electrons. The van der Waals surface area contributed by atoms with Crippen molar-refractivity contribution in [3.63, 3.8) is 0 Å². The molecule has 4 atom stereocenters. The predicted octanol–water partition coefficient (Wildman–Crippen LogP) is 2.07. The van der Waals surface area contributed by atoms with Gasteiger partial charge in [-0.05, 0) is 70.1 Å². The molecule has 0 aromatic rings. The summed E-state index contributed by atoms with van der Waals surface area (Å²) in [6, 6.07) is 1.04. The fraction of sp³-hybridized carbons (Fsp3) is 1.00. The first kappa shape index (κ1) is 18.6. The van der Waals surface area contributed by atoms with E-state index >= 15 is 0 Å². The Morgan fingerprint density at radius 2 is 1.83 bits per heavy atom. The van der Waals surface area contributed by atoms with Crippen LogP contribution in [0.3, 0.4) is 0 Å². The average Bonchev–Trinajstić information content (AvgIpc) is 3.09. The molecule has 3 rings (SSSR count). The van der Waals surface area contributed by atoms with Gasteiger partial charge in [-0.15, -0.1) is 0 Å². The number of ether oxygens (including phenoxy) is 1. The van der Waals surface area contributed by atoms with E-state index in [0.29, 0.717) is 30.1 Å². The average molecular weight is 359 g/mol. The summed E-state index contributed by atoms with van der Waals surface area (Å²) in [6.07, 6.45) is 10.4. The number of hydrogen-bond acceptors (Lipinski definition) is 5. The first-order valence-corrected chi connectivity index (χ1v) is 11.7. The lowest BCUT2D eigenvalue weighted by atomic mass is 9.80. The minimum atomic E-state index is -2.86. The Balaban J connectivity index is 1.47. The highest BCUT2D eigenvalue weighted by Gasteiger charge is 2.34. The first-order valence-electron chi connectivity index (χ1n) is 9.72. The van der Waals surface area contributed by atoms with Crippen molar-refractivity contribution in [1.29, 1.82) is 0 Å². The standard InChI is InChI=1S/C18H34N2O3S/c1-13(15-10-11-23-12-15)19-18-5-3-4-17(20-18)14-6-8-16(9-7-14)24(2,21)22/h13-20H,3-12H2,1-2H3/t13-,14?,15?,16?,17?,18?/m1/s1. The van der Waals surface area contributed by atoms with E-state index in [1.54, 1.807) is 0 Å². The van der Waals surface area contributed by atoms with Crippen molar-refractivity contribution in [3.8, 4) is 0 Å². The number of sulfone groups is 1. The lowest BCUT2D eigenvalue weighted by Gasteiger charge is -2.40. The van der Waals surface area contributed by atoms with Crippen molar-refractivity contribution in [2.45, 2.75) is 81.8 Å². The second-order valence-electron chi connectivity index (χ2n) is 8.20. The Kier molecular flexibility index (Phi) is 6.22. The SMILES string of the molecule is C[C@@H](NC1CCCC(C2CCC(S(C)(=O)=O)CC2)N1)C1CCOC1. The van der Waals surface area contributed by atoms with E-state index < -0.39 is 9.84 Å². The van der Waals surface area contributed by atoms with Crippen molar-refractivity contribution in [3.05, 3.63) is 0 Å². The molecule has 2 aliphatic heterocycles. The molecule has 3 fully saturated rings. The third-order valence-corrected chi connectivity index (χ3v) is 8.14. The van der Waals surface area contributed by atoms with E-state index in [1.165, 1.54) is 31.9 Å². The second-order valence-corrected chi connectivity index (χ2v) is 10.5. The molecule has 0 bridgehead atoms. The molecule has 0 aromatic carbocycles. The van der Waals surface area contributed by atoms with Crippen molar-refractivity contribution >= 4 is 9.84 Å². The molecule has 5 nitrogen and oxygen atoms in total. The third-order valence-electron chi connectivity index (χ3n) is 6.45. The van der Waals surface area contributed by atoms with Gasteiger partial charge in [-0.25, -0.2) is 8.42 Å². The summed E-state index contributed by atoms with van der Waals surface area (Å²) < 4.78 is 29.0. The fourth-order valence-corrected chi connectivity index (χ4v) is 5.92. The summed E-state index contributed by atoms with van der Waals surface area (Å²) in [4.78, 5) is 0. The third kappa shape index (κ3) is 4.71. The van der Waals surface area contributed by atoms with Crippen LogP contribution in [0.5, 0.6) is 0 Å². The number of piperidine rings is 1. The van der Waals surface area contributed by atoms with E-state index in [2.05, 4.69) is 17.6 Å². The van der Waals surface area contributed by atoms with Crippen LogP contribution in [-0.2, 0) is 14.6 Å². The lowest BCUT2D eigenvalue weighted by Crippen LogP contribution is -2.56. The van der Waals surface area contributed by atoms with Crippen LogP contribution in [0.4, 0.5) is 0 Å². The Hall–Kier alpha value is -0.170. The molecule has 1 saturated carbocycles. The number of nitrogens with one attached hydrogen (secondary N) is 2. The summed E-state index contributed by atoms with van der Waals surface area (Å²) in [5, 5.41) is 7.50. The Morgan fingerprint density at radius 1 is 1.08 bits per heavy atom. The van der Waals surface area contributed by atoms with E-state index in [9.17, 15) is 8.42 Å². The van der Waals surface area contributed by atoms with Gasteiger partial charge in [-0.1, -0.05) is 0 Å². The minimum absolute atomic E-state index is 0.103. The van der Waals surface area contributed by atoms with Crippen LogP contribution in [-0.4, -0.2) is 51.4 Å². The maximum absolute atomic E-state index is 11.7.